The molecule has 8 rings (SSSR count). The van der Waals surface area contributed by atoms with Gasteiger partial charge in [0.2, 0.25) is 0 Å². The molecule has 0 radical (unpaired) electrons. The maximum Gasteiger partial charge on any atom is 0.309 e. The molecule has 286 valence electrons. The van der Waals surface area contributed by atoms with Crippen molar-refractivity contribution in [1.29, 1.82) is 0 Å². The van der Waals surface area contributed by atoms with Gasteiger partial charge in [-0.15, -0.1) is 0 Å². The van der Waals surface area contributed by atoms with E-state index in [0.29, 0.717) is 53.8 Å². The minimum atomic E-state index is -0.655. The molecule has 0 aromatic carbocycles. The third-order valence-electron chi connectivity index (χ3n) is 18.2. The highest BCUT2D eigenvalue weighted by atomic mass is 16.5. The Morgan fingerprint density at radius 1 is 1.00 bits per heavy atom. The Bertz CT molecular complexity index is 1430. The highest BCUT2D eigenvalue weighted by Crippen LogP contribution is 2.76. The first-order chi connectivity index (χ1) is 24.1. The molecule has 3 unspecified atom stereocenters. The number of ether oxygens (including phenoxy) is 2. The zero-order valence-electron chi connectivity index (χ0n) is 33.6. The second-order valence-electron chi connectivity index (χ2n) is 20.9. The van der Waals surface area contributed by atoms with Crippen molar-refractivity contribution < 1.29 is 19.4 Å². The predicted octanol–water partition coefficient (Wildman–Crippen LogP) is 8.48. The van der Waals surface area contributed by atoms with E-state index in [9.17, 15) is 9.90 Å². The maximum atomic E-state index is 12.5. The largest absolute Gasteiger partial charge is 0.466 e. The van der Waals surface area contributed by atoms with E-state index in [-0.39, 0.29) is 33.7 Å². The Morgan fingerprint density at radius 2 is 1.80 bits per heavy atom. The van der Waals surface area contributed by atoms with Gasteiger partial charge in [0, 0.05) is 31.2 Å². The van der Waals surface area contributed by atoms with Crippen LogP contribution in [-0.4, -0.2) is 72.1 Å². The number of carbonyl (C=O) groups is 1. The first kappa shape index (κ1) is 36.8. The fourth-order valence-electron chi connectivity index (χ4n) is 15.6. The SMILES string of the molecule is CCOC(=O)C1CC=C(C2=CC[C@]3(C)[C@H]4CC[C@@H]5[C@H]6[C@H](C(C)(C)O)CC[C@]6(NCCN6CC7CC6CO7)CC[C@@]5(C)[C@]4(C)CC[C@H]3C2(C)C)CC1. The van der Waals surface area contributed by atoms with Gasteiger partial charge in [0.15, 0.2) is 0 Å². The Hall–Kier alpha value is -1.21. The van der Waals surface area contributed by atoms with E-state index in [2.05, 4.69) is 70.8 Å². The molecule has 12 atom stereocenters. The quantitative estimate of drug-likeness (QED) is 0.247. The van der Waals surface area contributed by atoms with E-state index >= 15 is 0 Å². The Morgan fingerprint density at radius 3 is 2.47 bits per heavy atom. The van der Waals surface area contributed by atoms with Gasteiger partial charge in [-0.2, -0.15) is 0 Å². The maximum absolute atomic E-state index is 12.5. The summed E-state index contributed by atoms with van der Waals surface area (Å²) in [7, 11) is 0. The smallest absolute Gasteiger partial charge is 0.309 e. The van der Waals surface area contributed by atoms with Crippen LogP contribution in [0.5, 0.6) is 0 Å². The first-order valence-electron chi connectivity index (χ1n) is 21.5. The summed E-state index contributed by atoms with van der Waals surface area (Å²) in [6.45, 7) is 24.1. The van der Waals surface area contributed by atoms with Crippen molar-refractivity contribution in [1.82, 2.24) is 10.2 Å². The minimum absolute atomic E-state index is 0.0145. The second-order valence-corrected chi connectivity index (χ2v) is 20.9. The lowest BCUT2D eigenvalue weighted by molar-refractivity contribution is -0.226. The summed E-state index contributed by atoms with van der Waals surface area (Å²) in [4.78, 5) is 15.2. The fraction of sp³-hybridized carbons (Fsp3) is 0.889. The van der Waals surface area contributed by atoms with Crippen LogP contribution in [0.2, 0.25) is 0 Å². The van der Waals surface area contributed by atoms with Crippen LogP contribution in [0.4, 0.5) is 0 Å². The van der Waals surface area contributed by atoms with Crippen molar-refractivity contribution >= 4 is 5.97 Å². The Kier molecular flexibility index (Phi) is 9.13. The first-order valence-corrected chi connectivity index (χ1v) is 21.5. The van der Waals surface area contributed by atoms with E-state index in [4.69, 9.17) is 9.47 Å². The van der Waals surface area contributed by atoms with Crippen LogP contribution in [0.3, 0.4) is 0 Å². The molecule has 0 aromatic heterocycles. The average Bonchev–Trinajstić information content (AvgIpc) is 3.80. The van der Waals surface area contributed by atoms with Gasteiger partial charge in [-0.25, -0.2) is 0 Å². The molecule has 2 aliphatic heterocycles. The lowest BCUT2D eigenvalue weighted by atomic mass is 9.32. The van der Waals surface area contributed by atoms with Crippen molar-refractivity contribution in [2.24, 2.45) is 57.2 Å². The Balaban J connectivity index is 1.04. The molecule has 4 saturated carbocycles. The molecule has 2 saturated heterocycles. The van der Waals surface area contributed by atoms with Crippen molar-refractivity contribution in [2.75, 3.05) is 32.8 Å². The van der Waals surface area contributed by atoms with E-state index in [1.807, 2.05) is 6.92 Å². The number of hydrogen-bond acceptors (Lipinski definition) is 6. The average molecular weight is 705 g/mol. The molecule has 0 spiro atoms. The summed E-state index contributed by atoms with van der Waals surface area (Å²) in [5.74, 6) is 2.92. The van der Waals surface area contributed by atoms with Crippen LogP contribution in [0, 0.1) is 57.2 Å². The molecule has 0 aromatic rings. The van der Waals surface area contributed by atoms with Crippen LogP contribution < -0.4 is 5.32 Å². The van der Waals surface area contributed by atoms with E-state index in [1.54, 1.807) is 5.57 Å². The van der Waals surface area contributed by atoms with Gasteiger partial charge in [0.25, 0.3) is 0 Å². The molecule has 6 nitrogen and oxygen atoms in total. The van der Waals surface area contributed by atoms with Gasteiger partial charge < -0.3 is 19.9 Å². The van der Waals surface area contributed by atoms with Crippen LogP contribution in [0.1, 0.15) is 139 Å². The van der Waals surface area contributed by atoms with Crippen LogP contribution in [0.15, 0.2) is 23.3 Å². The number of allylic oxidation sites excluding steroid dienone is 4. The summed E-state index contributed by atoms with van der Waals surface area (Å²) < 4.78 is 11.3. The van der Waals surface area contributed by atoms with Crippen molar-refractivity contribution in [3.8, 4) is 0 Å². The zero-order chi connectivity index (χ0) is 36.2. The molecule has 6 heteroatoms. The summed E-state index contributed by atoms with van der Waals surface area (Å²) in [5, 5.41) is 16.1. The standard InChI is InChI=1S/C45H72N2O4/c1-9-50-39(48)30-12-10-29(11-13-30)33-16-19-42(6)36(40(33,2)3)18-20-44(8)37(42)15-14-35-38-34(41(4,5)49)17-21-45(38,23-22-43(35,44)7)46-24-25-47-27-32-26-31(47)28-51-32/h10,16,30-32,34-38,46,49H,9,11-15,17-28H2,1-8H3/t30?,31?,32?,34-,35-,36+,37-,38-,42+,43-,44-,45+/m1/s1. The Labute approximate surface area is 310 Å². The topological polar surface area (TPSA) is 71.0 Å². The van der Waals surface area contributed by atoms with E-state index < -0.39 is 5.60 Å². The number of nitrogens with zero attached hydrogens (tertiary/aromatic N) is 1. The summed E-state index contributed by atoms with van der Waals surface area (Å²) in [5.41, 5.74) is 3.57. The number of nitrogens with one attached hydrogen (secondary N) is 1. The van der Waals surface area contributed by atoms with Gasteiger partial charge in [-0.1, -0.05) is 46.8 Å². The van der Waals surface area contributed by atoms with Gasteiger partial charge in [-0.3, -0.25) is 9.69 Å². The molecule has 51 heavy (non-hydrogen) atoms. The molecule has 2 N–H and O–H groups in total. The van der Waals surface area contributed by atoms with E-state index in [0.717, 1.165) is 51.9 Å². The van der Waals surface area contributed by atoms with E-state index in [1.165, 1.54) is 63.4 Å². The molecular formula is C45H72N2O4. The third kappa shape index (κ3) is 5.55. The fourth-order valence-corrected chi connectivity index (χ4v) is 15.6. The lowest BCUT2D eigenvalue weighted by Crippen LogP contribution is -2.68. The van der Waals surface area contributed by atoms with Crippen molar-refractivity contribution in [3.63, 3.8) is 0 Å². The molecule has 0 amide bonds. The second kappa shape index (κ2) is 12.7. The molecule has 2 heterocycles. The number of rotatable bonds is 8. The lowest BCUT2D eigenvalue weighted by Gasteiger charge is -2.72. The molecule has 6 fully saturated rings. The number of likely N-dealkylation sites (tertiary alicyclic amines) is 1. The van der Waals surface area contributed by atoms with Gasteiger partial charge in [0.05, 0.1) is 30.8 Å². The number of aliphatic hydroxyl groups is 1. The van der Waals surface area contributed by atoms with Gasteiger partial charge in [-0.05, 0) is 167 Å². The zero-order valence-corrected chi connectivity index (χ0v) is 33.6. The highest BCUT2D eigenvalue weighted by molar-refractivity contribution is 5.73. The number of carbonyl (C=O) groups excluding carboxylic acids is 1. The summed E-state index contributed by atoms with van der Waals surface area (Å²) >= 11 is 0. The van der Waals surface area contributed by atoms with Crippen molar-refractivity contribution in [3.05, 3.63) is 23.3 Å². The number of hydrogen-bond donors (Lipinski definition) is 2. The van der Waals surface area contributed by atoms with Gasteiger partial charge in [0.1, 0.15) is 0 Å². The monoisotopic (exact) mass is 705 g/mol. The molecule has 8 aliphatic rings. The molecule has 2 bridgehead atoms. The number of fused-ring (bicyclic) bond motifs is 9. The molecule has 6 aliphatic carbocycles. The van der Waals surface area contributed by atoms with Crippen LogP contribution in [-0.2, 0) is 14.3 Å². The minimum Gasteiger partial charge on any atom is -0.466 e. The van der Waals surface area contributed by atoms with Gasteiger partial charge >= 0.3 is 5.97 Å². The van der Waals surface area contributed by atoms with Crippen LogP contribution >= 0.6 is 0 Å². The van der Waals surface area contributed by atoms with Crippen LogP contribution in [0.25, 0.3) is 0 Å². The predicted molar refractivity (Wildman–Crippen MR) is 204 cm³/mol. The normalized spacial score (nSPS) is 47.5. The summed E-state index contributed by atoms with van der Waals surface area (Å²) in [6, 6.07) is 0.623. The number of morpholine rings is 1. The third-order valence-corrected chi connectivity index (χ3v) is 18.2. The number of esters is 1. The summed E-state index contributed by atoms with van der Waals surface area (Å²) in [6.07, 6.45) is 20.9. The highest BCUT2D eigenvalue weighted by Gasteiger charge is 2.71. The van der Waals surface area contributed by atoms with Crippen molar-refractivity contribution in [2.45, 2.75) is 162 Å². The molecular weight excluding hydrogens is 633 g/mol.